The van der Waals surface area contributed by atoms with Crippen LogP contribution < -0.4 is 5.32 Å². The van der Waals surface area contributed by atoms with Crippen LogP contribution in [0.15, 0.2) is 52.6 Å². The highest BCUT2D eigenvalue weighted by atomic mass is 79.9. The summed E-state index contributed by atoms with van der Waals surface area (Å²) in [7, 11) is 0. The molecule has 0 fully saturated rings. The maximum absolute atomic E-state index is 12.3. The maximum atomic E-state index is 12.3. The van der Waals surface area contributed by atoms with Crippen molar-refractivity contribution in [2.75, 3.05) is 5.32 Å². The van der Waals surface area contributed by atoms with Crippen molar-refractivity contribution in [3.05, 3.63) is 63.8 Å². The van der Waals surface area contributed by atoms with E-state index in [9.17, 15) is 4.79 Å². The highest BCUT2D eigenvalue weighted by Crippen LogP contribution is 2.24. The van der Waals surface area contributed by atoms with Crippen LogP contribution in [0.3, 0.4) is 0 Å². The van der Waals surface area contributed by atoms with Gasteiger partial charge in [0.2, 0.25) is 0 Å². The van der Waals surface area contributed by atoms with Gasteiger partial charge in [0.25, 0.3) is 5.91 Å². The van der Waals surface area contributed by atoms with E-state index in [1.54, 1.807) is 17.8 Å². The molecule has 3 aromatic rings. The number of nitrogens with one attached hydrogen (secondary N) is 1. The van der Waals surface area contributed by atoms with Crippen LogP contribution in [0.25, 0.3) is 10.6 Å². The number of halogens is 1. The van der Waals surface area contributed by atoms with Gasteiger partial charge in [-0.25, -0.2) is 4.98 Å². The fourth-order valence-corrected chi connectivity index (χ4v) is 2.95. The summed E-state index contributed by atoms with van der Waals surface area (Å²) < 4.78 is 1.01. The number of nitrogens with zero attached hydrogens (tertiary/aromatic N) is 2. The Morgan fingerprint density at radius 2 is 2.18 bits per heavy atom. The van der Waals surface area contributed by atoms with Crippen molar-refractivity contribution in [2.24, 2.45) is 0 Å². The maximum Gasteiger partial charge on any atom is 0.275 e. The Balaban J connectivity index is 1.78. The van der Waals surface area contributed by atoms with E-state index in [-0.39, 0.29) is 5.91 Å². The van der Waals surface area contributed by atoms with Crippen molar-refractivity contribution in [1.82, 2.24) is 9.97 Å². The number of aromatic nitrogens is 2. The minimum atomic E-state index is -0.215. The number of amides is 1. The molecule has 0 aliphatic carbocycles. The molecule has 22 heavy (non-hydrogen) atoms. The first-order chi connectivity index (χ1) is 10.6. The van der Waals surface area contributed by atoms with Gasteiger partial charge in [0, 0.05) is 33.5 Å². The largest absolute Gasteiger partial charge is 0.321 e. The van der Waals surface area contributed by atoms with Crippen molar-refractivity contribution >= 4 is 38.9 Å². The molecule has 110 valence electrons. The minimum absolute atomic E-state index is 0.215. The van der Waals surface area contributed by atoms with E-state index in [1.165, 1.54) is 11.3 Å². The minimum Gasteiger partial charge on any atom is -0.321 e. The number of hydrogen-bond donors (Lipinski definition) is 1. The molecule has 1 N–H and O–H groups in total. The third-order valence-corrected chi connectivity index (χ3v) is 4.84. The number of hydrogen-bond acceptors (Lipinski definition) is 4. The zero-order valence-corrected chi connectivity index (χ0v) is 14.1. The van der Waals surface area contributed by atoms with Gasteiger partial charge < -0.3 is 5.32 Å². The second kappa shape index (κ2) is 6.37. The van der Waals surface area contributed by atoms with E-state index in [0.29, 0.717) is 5.69 Å². The van der Waals surface area contributed by atoms with Crippen LogP contribution in [-0.4, -0.2) is 15.9 Å². The lowest BCUT2D eigenvalue weighted by molar-refractivity contribution is 0.102. The molecule has 1 aromatic carbocycles. The SMILES string of the molecule is Cc1cc(NC(=O)c2csc(-c3cccnc3)n2)ccc1Br. The summed E-state index contributed by atoms with van der Waals surface area (Å²) in [5.74, 6) is -0.215. The van der Waals surface area contributed by atoms with Crippen molar-refractivity contribution in [3.8, 4) is 10.6 Å². The fourth-order valence-electron chi connectivity index (χ4n) is 1.92. The van der Waals surface area contributed by atoms with Gasteiger partial charge in [-0.1, -0.05) is 15.9 Å². The molecule has 0 spiro atoms. The van der Waals surface area contributed by atoms with E-state index in [4.69, 9.17) is 0 Å². The van der Waals surface area contributed by atoms with Gasteiger partial charge in [-0.05, 0) is 42.8 Å². The highest BCUT2D eigenvalue weighted by Gasteiger charge is 2.12. The smallest absolute Gasteiger partial charge is 0.275 e. The molecule has 2 heterocycles. The van der Waals surface area contributed by atoms with E-state index in [0.717, 1.165) is 26.3 Å². The Morgan fingerprint density at radius 3 is 2.91 bits per heavy atom. The van der Waals surface area contributed by atoms with E-state index >= 15 is 0 Å². The van der Waals surface area contributed by atoms with Gasteiger partial charge in [-0.15, -0.1) is 11.3 Å². The number of carbonyl (C=O) groups is 1. The zero-order chi connectivity index (χ0) is 15.5. The average molecular weight is 374 g/mol. The summed E-state index contributed by atoms with van der Waals surface area (Å²) in [5.41, 5.74) is 3.13. The predicted molar refractivity (Wildman–Crippen MR) is 92.2 cm³/mol. The lowest BCUT2D eigenvalue weighted by Gasteiger charge is -2.05. The standard InChI is InChI=1S/C16H12BrN3OS/c1-10-7-12(4-5-13(10)17)19-15(21)14-9-22-16(20-14)11-3-2-6-18-8-11/h2-9H,1H3,(H,19,21). The Morgan fingerprint density at radius 1 is 1.32 bits per heavy atom. The summed E-state index contributed by atoms with van der Waals surface area (Å²) in [5, 5.41) is 5.40. The van der Waals surface area contributed by atoms with Gasteiger partial charge in [0.1, 0.15) is 10.7 Å². The first-order valence-corrected chi connectivity index (χ1v) is 8.24. The Hall–Kier alpha value is -2.05. The molecule has 0 unspecified atom stereocenters. The van der Waals surface area contributed by atoms with Crippen LogP contribution in [0.1, 0.15) is 16.1 Å². The predicted octanol–water partition coefficient (Wildman–Crippen LogP) is 4.53. The Kier molecular flexibility index (Phi) is 4.31. The topological polar surface area (TPSA) is 54.9 Å². The molecule has 0 aliphatic heterocycles. The average Bonchev–Trinajstić information content (AvgIpc) is 3.02. The van der Waals surface area contributed by atoms with Crippen LogP contribution >= 0.6 is 27.3 Å². The quantitative estimate of drug-likeness (QED) is 0.733. The molecular formula is C16H12BrN3OS. The molecule has 3 rings (SSSR count). The van der Waals surface area contributed by atoms with Crippen molar-refractivity contribution < 1.29 is 4.79 Å². The van der Waals surface area contributed by atoms with Crippen molar-refractivity contribution in [2.45, 2.75) is 6.92 Å². The van der Waals surface area contributed by atoms with Gasteiger partial charge >= 0.3 is 0 Å². The van der Waals surface area contributed by atoms with Crippen LogP contribution in [-0.2, 0) is 0 Å². The summed E-state index contributed by atoms with van der Waals surface area (Å²) in [6.07, 6.45) is 3.44. The fraction of sp³-hybridized carbons (Fsp3) is 0.0625. The third kappa shape index (κ3) is 3.23. The molecule has 0 bridgehead atoms. The molecule has 0 aliphatic rings. The molecule has 0 saturated heterocycles. The highest BCUT2D eigenvalue weighted by molar-refractivity contribution is 9.10. The Bertz CT molecular complexity index is 817. The van der Waals surface area contributed by atoms with E-state index in [2.05, 4.69) is 31.2 Å². The number of anilines is 1. The van der Waals surface area contributed by atoms with E-state index < -0.39 is 0 Å². The Labute approximate surface area is 140 Å². The van der Waals surface area contributed by atoms with E-state index in [1.807, 2.05) is 37.3 Å². The number of rotatable bonds is 3. The van der Waals surface area contributed by atoms with Gasteiger partial charge in [-0.3, -0.25) is 9.78 Å². The summed E-state index contributed by atoms with van der Waals surface area (Å²) in [6, 6.07) is 9.44. The van der Waals surface area contributed by atoms with Crippen LogP contribution in [0.2, 0.25) is 0 Å². The van der Waals surface area contributed by atoms with Gasteiger partial charge in [0.15, 0.2) is 0 Å². The number of benzene rings is 1. The molecule has 1 amide bonds. The van der Waals surface area contributed by atoms with Gasteiger partial charge in [0.05, 0.1) is 0 Å². The third-order valence-electron chi connectivity index (χ3n) is 3.06. The lowest BCUT2D eigenvalue weighted by atomic mass is 10.2. The molecule has 0 saturated carbocycles. The summed E-state index contributed by atoms with van der Waals surface area (Å²) in [6.45, 7) is 1.98. The molecule has 4 nitrogen and oxygen atoms in total. The number of carbonyl (C=O) groups excluding carboxylic acids is 1. The second-order valence-corrected chi connectivity index (χ2v) is 6.41. The van der Waals surface area contributed by atoms with Crippen LogP contribution in [0, 0.1) is 6.92 Å². The summed E-state index contributed by atoms with van der Waals surface area (Å²) in [4.78, 5) is 20.7. The van der Waals surface area contributed by atoms with Gasteiger partial charge in [-0.2, -0.15) is 0 Å². The van der Waals surface area contributed by atoms with Crippen LogP contribution in [0.5, 0.6) is 0 Å². The second-order valence-electron chi connectivity index (χ2n) is 4.70. The number of aryl methyl sites for hydroxylation is 1. The van der Waals surface area contributed by atoms with Crippen molar-refractivity contribution in [3.63, 3.8) is 0 Å². The summed E-state index contributed by atoms with van der Waals surface area (Å²) >= 11 is 4.87. The lowest BCUT2D eigenvalue weighted by Crippen LogP contribution is -2.12. The zero-order valence-electron chi connectivity index (χ0n) is 11.7. The molecule has 6 heteroatoms. The van der Waals surface area contributed by atoms with Crippen LogP contribution in [0.4, 0.5) is 5.69 Å². The van der Waals surface area contributed by atoms with Crippen molar-refractivity contribution in [1.29, 1.82) is 0 Å². The monoisotopic (exact) mass is 373 g/mol. The first kappa shape index (κ1) is 14.9. The number of pyridine rings is 1. The molecule has 0 radical (unpaired) electrons. The normalized spacial score (nSPS) is 10.5. The first-order valence-electron chi connectivity index (χ1n) is 6.57. The molecule has 0 atom stereocenters. The molecular weight excluding hydrogens is 362 g/mol. The molecule has 2 aromatic heterocycles. The number of thiazole rings is 1.